The molecule has 0 unspecified atom stereocenters. The summed E-state index contributed by atoms with van der Waals surface area (Å²) < 4.78 is 5.38. The highest BCUT2D eigenvalue weighted by Gasteiger charge is 2.31. The number of nitrogens with zero attached hydrogens (tertiary/aromatic N) is 3. The van der Waals surface area contributed by atoms with E-state index in [2.05, 4.69) is 10.3 Å². The average Bonchev–Trinajstić information content (AvgIpc) is 2.60. The van der Waals surface area contributed by atoms with E-state index in [-0.39, 0.29) is 23.0 Å². The van der Waals surface area contributed by atoms with Gasteiger partial charge < -0.3 is 15.2 Å². The largest absolute Gasteiger partial charge is 0.490 e. The molecule has 1 atom stereocenters. The highest BCUT2D eigenvalue weighted by molar-refractivity contribution is 6.31. The number of ether oxygens (including phenoxy) is 1. The summed E-state index contributed by atoms with van der Waals surface area (Å²) in [6, 6.07) is 11.4. The summed E-state index contributed by atoms with van der Waals surface area (Å²) in [5.74, 6) is -0.307. The van der Waals surface area contributed by atoms with Crippen LogP contribution in [-0.2, 0) is 4.79 Å². The van der Waals surface area contributed by atoms with Gasteiger partial charge in [-0.15, -0.1) is 0 Å². The SMILES string of the molecule is C[C@](O)(COc1ccc(C#N)cc1)C(=O)Nc1cnc(C#N)c(Cl)c1. The number of aliphatic hydroxyl groups is 1. The zero-order valence-corrected chi connectivity index (χ0v) is 13.9. The Labute approximate surface area is 149 Å². The van der Waals surface area contributed by atoms with Crippen molar-refractivity contribution >= 4 is 23.2 Å². The summed E-state index contributed by atoms with van der Waals surface area (Å²) in [6.07, 6.45) is 1.26. The van der Waals surface area contributed by atoms with Crippen LogP contribution in [0.5, 0.6) is 5.75 Å². The number of halogens is 1. The van der Waals surface area contributed by atoms with Gasteiger partial charge in [0, 0.05) is 0 Å². The van der Waals surface area contributed by atoms with Gasteiger partial charge in [-0.3, -0.25) is 4.79 Å². The average molecular weight is 357 g/mol. The normalized spacial score (nSPS) is 12.4. The van der Waals surface area contributed by atoms with Crippen molar-refractivity contribution in [2.45, 2.75) is 12.5 Å². The maximum Gasteiger partial charge on any atom is 0.259 e. The first kappa shape index (κ1) is 18.2. The van der Waals surface area contributed by atoms with Gasteiger partial charge in [-0.1, -0.05) is 11.6 Å². The molecule has 0 aliphatic carbocycles. The summed E-state index contributed by atoms with van der Waals surface area (Å²) in [5.41, 5.74) is -1.07. The number of aromatic nitrogens is 1. The second kappa shape index (κ2) is 7.63. The van der Waals surface area contributed by atoms with E-state index in [1.807, 2.05) is 12.1 Å². The number of benzene rings is 1. The first-order valence-corrected chi connectivity index (χ1v) is 7.46. The standard InChI is InChI=1S/C17H13ClN4O3/c1-17(24,10-25-13-4-2-11(7-19)3-5-13)16(23)22-12-6-14(18)15(8-20)21-9-12/h2-6,9,24H,10H2,1H3,(H,22,23)/t17-/m0/s1. The van der Waals surface area contributed by atoms with Crippen LogP contribution in [0.15, 0.2) is 36.5 Å². The van der Waals surface area contributed by atoms with Gasteiger partial charge in [0.1, 0.15) is 18.4 Å². The molecular weight excluding hydrogens is 344 g/mol. The lowest BCUT2D eigenvalue weighted by Crippen LogP contribution is -2.45. The molecule has 1 heterocycles. The van der Waals surface area contributed by atoms with Crippen LogP contribution < -0.4 is 10.1 Å². The lowest BCUT2D eigenvalue weighted by molar-refractivity contribution is -0.135. The summed E-state index contributed by atoms with van der Waals surface area (Å²) in [7, 11) is 0. The summed E-state index contributed by atoms with van der Waals surface area (Å²) in [4.78, 5) is 16.0. The maximum absolute atomic E-state index is 12.2. The Morgan fingerprint density at radius 1 is 1.36 bits per heavy atom. The molecule has 0 spiro atoms. The molecule has 0 bridgehead atoms. The van der Waals surface area contributed by atoms with Crippen LogP contribution in [0.1, 0.15) is 18.2 Å². The number of amides is 1. The molecule has 1 aromatic carbocycles. The van der Waals surface area contributed by atoms with E-state index < -0.39 is 11.5 Å². The topological polar surface area (TPSA) is 119 Å². The fourth-order valence-corrected chi connectivity index (χ4v) is 1.98. The van der Waals surface area contributed by atoms with Crippen LogP contribution in [0.3, 0.4) is 0 Å². The van der Waals surface area contributed by atoms with Crippen molar-refractivity contribution in [2.75, 3.05) is 11.9 Å². The number of anilines is 1. The minimum atomic E-state index is -1.83. The molecule has 2 aromatic rings. The third-order valence-electron chi connectivity index (χ3n) is 3.20. The second-order valence-corrected chi connectivity index (χ2v) is 5.73. The van der Waals surface area contributed by atoms with Gasteiger partial charge in [0.15, 0.2) is 11.3 Å². The van der Waals surface area contributed by atoms with E-state index in [1.54, 1.807) is 24.3 Å². The summed E-state index contributed by atoms with van der Waals surface area (Å²) in [6.45, 7) is 0.993. The first-order chi connectivity index (χ1) is 11.9. The molecule has 1 aromatic heterocycles. The molecule has 2 rings (SSSR count). The molecule has 0 aliphatic heterocycles. The zero-order chi connectivity index (χ0) is 18.4. The highest BCUT2D eigenvalue weighted by atomic mass is 35.5. The Morgan fingerprint density at radius 3 is 2.60 bits per heavy atom. The van der Waals surface area contributed by atoms with Gasteiger partial charge in [0.05, 0.1) is 28.5 Å². The Hall–Kier alpha value is -3.13. The highest BCUT2D eigenvalue weighted by Crippen LogP contribution is 2.19. The van der Waals surface area contributed by atoms with Crippen molar-refractivity contribution < 1.29 is 14.6 Å². The van der Waals surface area contributed by atoms with E-state index in [9.17, 15) is 9.90 Å². The first-order valence-electron chi connectivity index (χ1n) is 7.08. The van der Waals surface area contributed by atoms with E-state index in [0.29, 0.717) is 11.3 Å². The predicted molar refractivity (Wildman–Crippen MR) is 89.9 cm³/mol. The Balaban J connectivity index is 2.00. The van der Waals surface area contributed by atoms with Gasteiger partial charge in [0.2, 0.25) is 0 Å². The molecule has 0 saturated heterocycles. The number of carbonyl (C=O) groups excluding carboxylic acids is 1. The number of hydrogen-bond donors (Lipinski definition) is 2. The fourth-order valence-electron chi connectivity index (χ4n) is 1.77. The third kappa shape index (κ3) is 4.67. The van der Waals surface area contributed by atoms with Gasteiger partial charge in [-0.25, -0.2) is 4.98 Å². The van der Waals surface area contributed by atoms with Crippen molar-refractivity contribution in [3.05, 3.63) is 52.8 Å². The Bertz CT molecular complexity index is 867. The molecule has 1 amide bonds. The number of hydrogen-bond acceptors (Lipinski definition) is 6. The number of nitriles is 2. The Morgan fingerprint density at radius 2 is 2.04 bits per heavy atom. The van der Waals surface area contributed by atoms with E-state index >= 15 is 0 Å². The summed E-state index contributed by atoms with van der Waals surface area (Å²) in [5, 5.41) is 30.3. The Kier molecular flexibility index (Phi) is 5.56. The quantitative estimate of drug-likeness (QED) is 0.847. The molecule has 0 fully saturated rings. The van der Waals surface area contributed by atoms with Crippen LogP contribution in [0.4, 0.5) is 5.69 Å². The predicted octanol–water partition coefficient (Wildman–Crippen LogP) is 2.25. The lowest BCUT2D eigenvalue weighted by atomic mass is 10.1. The van der Waals surface area contributed by atoms with E-state index in [1.165, 1.54) is 19.2 Å². The van der Waals surface area contributed by atoms with Crippen molar-refractivity contribution in [2.24, 2.45) is 0 Å². The van der Waals surface area contributed by atoms with Gasteiger partial charge >= 0.3 is 0 Å². The van der Waals surface area contributed by atoms with Crippen LogP contribution in [0, 0.1) is 22.7 Å². The minimum Gasteiger partial charge on any atom is -0.490 e. The summed E-state index contributed by atoms with van der Waals surface area (Å²) >= 11 is 5.85. The van der Waals surface area contributed by atoms with Crippen LogP contribution in [0.2, 0.25) is 5.02 Å². The van der Waals surface area contributed by atoms with Gasteiger partial charge in [-0.05, 0) is 37.3 Å². The number of nitrogens with one attached hydrogen (secondary N) is 1. The van der Waals surface area contributed by atoms with Crippen molar-refractivity contribution in [1.82, 2.24) is 4.98 Å². The number of carbonyl (C=O) groups is 1. The van der Waals surface area contributed by atoms with E-state index in [0.717, 1.165) is 0 Å². The molecule has 7 nitrogen and oxygen atoms in total. The van der Waals surface area contributed by atoms with Crippen LogP contribution in [-0.4, -0.2) is 28.2 Å². The maximum atomic E-state index is 12.2. The zero-order valence-electron chi connectivity index (χ0n) is 13.2. The molecule has 0 radical (unpaired) electrons. The number of rotatable bonds is 5. The van der Waals surface area contributed by atoms with Gasteiger partial charge in [-0.2, -0.15) is 10.5 Å². The molecule has 126 valence electrons. The van der Waals surface area contributed by atoms with E-state index in [4.69, 9.17) is 26.9 Å². The molecule has 0 saturated carbocycles. The number of pyridine rings is 1. The molecule has 8 heteroatoms. The van der Waals surface area contributed by atoms with Gasteiger partial charge in [0.25, 0.3) is 5.91 Å². The fraction of sp³-hybridized carbons (Fsp3) is 0.176. The molecule has 0 aliphatic rings. The van der Waals surface area contributed by atoms with Crippen LogP contribution in [0.25, 0.3) is 0 Å². The minimum absolute atomic E-state index is 0.0376. The van der Waals surface area contributed by atoms with Crippen LogP contribution >= 0.6 is 11.6 Å². The molecule has 25 heavy (non-hydrogen) atoms. The second-order valence-electron chi connectivity index (χ2n) is 5.32. The third-order valence-corrected chi connectivity index (χ3v) is 3.49. The molecule has 2 N–H and O–H groups in total. The van der Waals surface area contributed by atoms with Crippen molar-refractivity contribution in [3.63, 3.8) is 0 Å². The monoisotopic (exact) mass is 356 g/mol. The van der Waals surface area contributed by atoms with Crippen molar-refractivity contribution in [1.29, 1.82) is 10.5 Å². The van der Waals surface area contributed by atoms with Crippen molar-refractivity contribution in [3.8, 4) is 17.9 Å². The molecular formula is C17H13ClN4O3. The smallest absolute Gasteiger partial charge is 0.259 e. The lowest BCUT2D eigenvalue weighted by Gasteiger charge is -2.22.